The highest BCUT2D eigenvalue weighted by atomic mass is 32.3. The van der Waals surface area contributed by atoms with E-state index in [1.165, 1.54) is 24.7 Å². The van der Waals surface area contributed by atoms with Crippen LogP contribution in [-0.2, 0) is 4.74 Å². The molecule has 3 saturated heterocycles. The minimum atomic E-state index is -2.48. The first kappa shape index (κ1) is 26.9. The number of piperidine rings is 1. The Kier molecular flexibility index (Phi) is 7.87. The van der Waals surface area contributed by atoms with Crippen LogP contribution >= 0.6 is 10.6 Å². The fraction of sp³-hybridized carbons (Fsp3) is 0.448. The molecule has 3 aromatic rings. The second-order valence-corrected chi connectivity index (χ2v) is 13.2. The number of nitrogens with zero attached hydrogens (tertiary/aromatic N) is 5. The molecule has 0 saturated carbocycles. The largest absolute Gasteiger partial charge is 0.489 e. The zero-order valence-corrected chi connectivity index (χ0v) is 23.1. The Morgan fingerprint density at radius 1 is 1.00 bits per heavy atom. The Hall–Kier alpha value is -3.27. The van der Waals surface area contributed by atoms with Gasteiger partial charge in [-0.25, -0.2) is 9.97 Å². The number of nitrogens with one attached hydrogen (secondary N) is 1. The standard InChI is InChI=1S/C29H34N6O4S/c30-16-23-15-22(3-6-27(23)39-26-9-13-40(36,37)14-10-26)28-31-19-32-29(34-28)33-24-4-1-20(2-5-24)21-7-11-35(12-8-21)25-17-38-18-25/h1-6,15,19,21,25-26,36-37H,7-14,17-18H2,(H,31,32,33,34). The molecular weight excluding hydrogens is 528 g/mol. The van der Waals surface area contributed by atoms with E-state index in [0.717, 1.165) is 32.0 Å². The molecule has 4 heterocycles. The van der Waals surface area contributed by atoms with Gasteiger partial charge in [0.2, 0.25) is 5.95 Å². The summed E-state index contributed by atoms with van der Waals surface area (Å²) in [5.41, 5.74) is 3.32. The fourth-order valence-corrected chi connectivity index (χ4v) is 7.02. The summed E-state index contributed by atoms with van der Waals surface area (Å²) in [5.74, 6) is 2.59. The number of aromatic nitrogens is 3. The average molecular weight is 563 g/mol. The van der Waals surface area contributed by atoms with Crippen molar-refractivity contribution in [2.24, 2.45) is 0 Å². The molecule has 0 bridgehead atoms. The molecule has 0 amide bonds. The molecule has 2 aromatic carbocycles. The molecule has 40 heavy (non-hydrogen) atoms. The quantitative estimate of drug-likeness (QED) is 0.360. The lowest BCUT2D eigenvalue weighted by Gasteiger charge is -2.41. The maximum Gasteiger partial charge on any atom is 0.230 e. The Labute approximate surface area is 235 Å². The Balaban J connectivity index is 1.08. The van der Waals surface area contributed by atoms with Crippen molar-refractivity contribution in [2.45, 2.75) is 43.7 Å². The minimum absolute atomic E-state index is 0.146. The molecule has 0 aliphatic carbocycles. The summed E-state index contributed by atoms with van der Waals surface area (Å²) < 4.78 is 31.1. The predicted molar refractivity (Wildman–Crippen MR) is 154 cm³/mol. The topological polar surface area (TPSA) is 137 Å². The molecule has 3 fully saturated rings. The third-order valence-electron chi connectivity index (χ3n) is 8.06. The summed E-state index contributed by atoms with van der Waals surface area (Å²) in [6, 6.07) is 16.6. The number of benzene rings is 2. The Bertz CT molecular complexity index is 1360. The summed E-state index contributed by atoms with van der Waals surface area (Å²) in [5, 5.41) is 13.0. The van der Waals surface area contributed by atoms with Gasteiger partial charge >= 0.3 is 0 Å². The van der Waals surface area contributed by atoms with Crippen LogP contribution in [-0.4, -0.2) is 78.9 Å². The lowest BCUT2D eigenvalue weighted by atomic mass is 9.88. The van der Waals surface area contributed by atoms with Crippen LogP contribution in [0.25, 0.3) is 11.4 Å². The number of rotatable bonds is 7. The second kappa shape index (κ2) is 11.7. The first-order valence-corrected chi connectivity index (χ1v) is 15.7. The van der Waals surface area contributed by atoms with Gasteiger partial charge in [0.1, 0.15) is 24.3 Å². The highest BCUT2D eigenvalue weighted by Gasteiger charge is 2.30. The van der Waals surface area contributed by atoms with E-state index in [2.05, 4.69) is 55.5 Å². The maximum atomic E-state index is 9.84. The van der Waals surface area contributed by atoms with Crippen LogP contribution in [0.15, 0.2) is 48.8 Å². The van der Waals surface area contributed by atoms with Gasteiger partial charge in [-0.3, -0.25) is 14.0 Å². The summed E-state index contributed by atoms with van der Waals surface area (Å²) in [7, 11) is -2.48. The molecule has 3 aliphatic heterocycles. The van der Waals surface area contributed by atoms with Crippen molar-refractivity contribution < 1.29 is 18.6 Å². The van der Waals surface area contributed by atoms with Gasteiger partial charge < -0.3 is 14.8 Å². The van der Waals surface area contributed by atoms with Crippen molar-refractivity contribution in [3.8, 4) is 23.2 Å². The minimum Gasteiger partial charge on any atom is -0.489 e. The number of hydrogen-bond donors (Lipinski definition) is 3. The van der Waals surface area contributed by atoms with Crippen molar-refractivity contribution >= 4 is 22.2 Å². The first-order chi connectivity index (χ1) is 19.5. The van der Waals surface area contributed by atoms with Gasteiger partial charge in [0.05, 0.1) is 24.8 Å². The molecule has 1 aromatic heterocycles. The Morgan fingerprint density at radius 3 is 2.42 bits per heavy atom. The summed E-state index contributed by atoms with van der Waals surface area (Å²) in [6.07, 6.45) is 4.75. The highest BCUT2D eigenvalue weighted by Crippen LogP contribution is 2.44. The van der Waals surface area contributed by atoms with Crippen molar-refractivity contribution in [1.29, 1.82) is 5.26 Å². The molecule has 210 valence electrons. The van der Waals surface area contributed by atoms with E-state index in [4.69, 9.17) is 9.47 Å². The van der Waals surface area contributed by atoms with E-state index < -0.39 is 10.6 Å². The normalized spacial score (nSPS) is 21.2. The lowest BCUT2D eigenvalue weighted by molar-refractivity contribution is -0.0712. The van der Waals surface area contributed by atoms with Gasteiger partial charge in [-0.2, -0.15) is 20.8 Å². The van der Waals surface area contributed by atoms with Gasteiger partial charge in [0.15, 0.2) is 5.82 Å². The van der Waals surface area contributed by atoms with Gasteiger partial charge in [0, 0.05) is 35.6 Å². The molecule has 3 aliphatic rings. The predicted octanol–water partition coefficient (Wildman–Crippen LogP) is 5.02. The molecule has 0 radical (unpaired) electrons. The van der Waals surface area contributed by atoms with Crippen molar-refractivity contribution in [1.82, 2.24) is 19.9 Å². The maximum absolute atomic E-state index is 9.84. The van der Waals surface area contributed by atoms with Crippen molar-refractivity contribution in [3.63, 3.8) is 0 Å². The van der Waals surface area contributed by atoms with Crippen LogP contribution < -0.4 is 10.1 Å². The Morgan fingerprint density at radius 2 is 1.75 bits per heavy atom. The molecular formula is C29H34N6O4S. The molecule has 3 N–H and O–H groups in total. The number of likely N-dealkylation sites (tertiary alicyclic amines) is 1. The zero-order chi connectivity index (χ0) is 27.5. The highest BCUT2D eigenvalue weighted by molar-refractivity contribution is 8.24. The van der Waals surface area contributed by atoms with Gasteiger partial charge in [-0.15, -0.1) is 0 Å². The van der Waals surface area contributed by atoms with Crippen LogP contribution in [0.3, 0.4) is 0 Å². The van der Waals surface area contributed by atoms with Crippen molar-refractivity contribution in [2.75, 3.05) is 43.1 Å². The van der Waals surface area contributed by atoms with Gasteiger partial charge in [-0.05, 0) is 67.7 Å². The number of ether oxygens (including phenoxy) is 2. The SMILES string of the molecule is N#Cc1cc(-c2ncnc(Nc3ccc(C4CCN(C5COC5)CC4)cc3)n2)ccc1OC1CCS(O)(O)CC1. The summed E-state index contributed by atoms with van der Waals surface area (Å²) in [6.45, 7) is 4.01. The van der Waals surface area contributed by atoms with Crippen LogP contribution in [0, 0.1) is 11.3 Å². The molecule has 6 rings (SSSR count). The third-order valence-corrected chi connectivity index (χ3v) is 9.84. The zero-order valence-electron chi connectivity index (χ0n) is 22.3. The van der Waals surface area contributed by atoms with E-state index in [9.17, 15) is 14.4 Å². The first-order valence-electron chi connectivity index (χ1n) is 13.8. The van der Waals surface area contributed by atoms with Crippen LogP contribution in [0.5, 0.6) is 5.75 Å². The number of anilines is 2. The molecule has 10 nitrogen and oxygen atoms in total. The van der Waals surface area contributed by atoms with E-state index in [0.29, 0.717) is 65.0 Å². The van der Waals surface area contributed by atoms with Crippen molar-refractivity contribution in [3.05, 3.63) is 59.9 Å². The fourth-order valence-electron chi connectivity index (χ4n) is 5.54. The van der Waals surface area contributed by atoms with E-state index in [1.807, 2.05) is 6.07 Å². The summed E-state index contributed by atoms with van der Waals surface area (Å²) >= 11 is 0. The van der Waals surface area contributed by atoms with E-state index in [-0.39, 0.29) is 6.10 Å². The van der Waals surface area contributed by atoms with Crippen LogP contribution in [0.4, 0.5) is 11.6 Å². The third kappa shape index (κ3) is 6.22. The van der Waals surface area contributed by atoms with Gasteiger partial charge in [-0.1, -0.05) is 12.1 Å². The van der Waals surface area contributed by atoms with Crippen LogP contribution in [0.1, 0.15) is 42.7 Å². The van der Waals surface area contributed by atoms with Crippen LogP contribution in [0.2, 0.25) is 0 Å². The number of hydrogen-bond acceptors (Lipinski definition) is 10. The monoisotopic (exact) mass is 562 g/mol. The molecule has 0 atom stereocenters. The smallest absolute Gasteiger partial charge is 0.230 e. The molecule has 0 spiro atoms. The number of nitriles is 1. The summed E-state index contributed by atoms with van der Waals surface area (Å²) in [4.78, 5) is 15.7. The molecule has 0 unspecified atom stereocenters. The molecule has 11 heteroatoms. The average Bonchev–Trinajstić information content (AvgIpc) is 2.94. The second-order valence-electron chi connectivity index (χ2n) is 10.7. The van der Waals surface area contributed by atoms with E-state index >= 15 is 0 Å². The van der Waals surface area contributed by atoms with Gasteiger partial charge in [0.25, 0.3) is 0 Å². The lowest BCUT2D eigenvalue weighted by Crippen LogP contribution is -2.51. The van der Waals surface area contributed by atoms with E-state index in [1.54, 1.807) is 12.1 Å².